The number of sulfonamides is 1. The molecule has 0 N–H and O–H groups in total. The molecule has 0 aliphatic heterocycles. The van der Waals surface area contributed by atoms with Crippen LogP contribution in [-0.4, -0.2) is 31.7 Å². The van der Waals surface area contributed by atoms with Gasteiger partial charge in [-0.3, -0.25) is 0 Å². The van der Waals surface area contributed by atoms with Crippen LogP contribution in [0.2, 0.25) is 0 Å². The summed E-state index contributed by atoms with van der Waals surface area (Å²) >= 11 is 0. The Labute approximate surface area is 220 Å². The summed E-state index contributed by atoms with van der Waals surface area (Å²) in [5.74, 6) is -0.201. The number of nitrogens with zero attached hydrogens (tertiary/aromatic N) is 3. The second-order valence-electron chi connectivity index (χ2n) is 9.26. The topological polar surface area (TPSA) is 63.2 Å². The Hall–Kier alpha value is -3.15. The number of hydrogen-bond acceptors (Lipinski definition) is 4. The molecule has 0 bridgehead atoms. The van der Waals surface area contributed by atoms with Crippen LogP contribution >= 0.6 is 8.58 Å². The molecule has 192 valence electrons. The highest BCUT2D eigenvalue weighted by molar-refractivity contribution is 7.92. The molecule has 3 aromatic carbocycles. The van der Waals surface area contributed by atoms with Crippen molar-refractivity contribution in [2.24, 2.45) is 0 Å². The second kappa shape index (κ2) is 11.5. The first-order valence-electron chi connectivity index (χ1n) is 12.1. The van der Waals surface area contributed by atoms with Crippen molar-refractivity contribution in [2.45, 2.75) is 31.6 Å². The summed E-state index contributed by atoms with van der Waals surface area (Å²) in [5.41, 5.74) is 5.77. The summed E-state index contributed by atoms with van der Waals surface area (Å²) in [7, 11) is -1.64. The van der Waals surface area contributed by atoms with Gasteiger partial charge in [-0.2, -0.15) is 0 Å². The molecule has 37 heavy (non-hydrogen) atoms. The maximum atomic E-state index is 13.8. The van der Waals surface area contributed by atoms with E-state index in [1.54, 1.807) is 12.1 Å². The average molecular weight is 536 g/mol. The third-order valence-electron chi connectivity index (χ3n) is 6.22. The predicted octanol–water partition coefficient (Wildman–Crippen LogP) is 6.77. The largest absolute Gasteiger partial charge is 0.241 e. The minimum Gasteiger partial charge on any atom is -0.241 e. The van der Waals surface area contributed by atoms with Crippen LogP contribution in [0.4, 0.5) is 10.3 Å². The predicted molar refractivity (Wildman–Crippen MR) is 152 cm³/mol. The van der Waals surface area contributed by atoms with E-state index in [9.17, 15) is 12.8 Å². The van der Waals surface area contributed by atoms with Gasteiger partial charge in [0.25, 0.3) is 0 Å². The summed E-state index contributed by atoms with van der Waals surface area (Å²) < 4.78 is 39.5. The van der Waals surface area contributed by atoms with E-state index in [0.29, 0.717) is 20.4 Å². The fourth-order valence-electron chi connectivity index (χ4n) is 4.20. The highest BCUT2D eigenvalue weighted by Gasteiger charge is 2.24. The molecule has 1 aromatic heterocycles. The summed E-state index contributed by atoms with van der Waals surface area (Å²) in [4.78, 5) is 9.45. The van der Waals surface area contributed by atoms with Crippen LogP contribution in [0.15, 0.2) is 84.9 Å². The lowest BCUT2D eigenvalue weighted by Crippen LogP contribution is -2.27. The molecule has 0 spiro atoms. The van der Waals surface area contributed by atoms with Crippen molar-refractivity contribution >= 4 is 24.6 Å². The van der Waals surface area contributed by atoms with Gasteiger partial charge < -0.3 is 0 Å². The van der Waals surface area contributed by atoms with E-state index in [1.807, 2.05) is 26.0 Å². The van der Waals surface area contributed by atoms with E-state index in [-0.39, 0.29) is 23.3 Å². The molecule has 4 aromatic rings. The van der Waals surface area contributed by atoms with Crippen molar-refractivity contribution in [1.82, 2.24) is 9.97 Å². The van der Waals surface area contributed by atoms with Gasteiger partial charge in [-0.25, -0.2) is 27.1 Å². The third kappa shape index (κ3) is 6.41. The quantitative estimate of drug-likeness (QED) is 0.222. The van der Waals surface area contributed by atoms with Gasteiger partial charge in [-0.1, -0.05) is 74.5 Å². The zero-order valence-corrected chi connectivity index (χ0v) is 23.2. The molecule has 0 aliphatic carbocycles. The van der Waals surface area contributed by atoms with Crippen molar-refractivity contribution in [3.8, 4) is 11.3 Å². The molecular weight excluding hydrogens is 504 g/mol. The Bertz CT molecular complexity index is 1410. The van der Waals surface area contributed by atoms with Crippen LogP contribution < -0.4 is 4.31 Å². The summed E-state index contributed by atoms with van der Waals surface area (Å²) in [5, 5.41) is 0. The fourth-order valence-corrected chi connectivity index (χ4v) is 6.19. The zero-order valence-electron chi connectivity index (χ0n) is 21.4. The zero-order chi connectivity index (χ0) is 26.6. The van der Waals surface area contributed by atoms with E-state index in [0.717, 1.165) is 27.4 Å². The first kappa shape index (κ1) is 26.9. The minimum absolute atomic E-state index is 0.0283. The van der Waals surface area contributed by atoms with Crippen molar-refractivity contribution in [3.05, 3.63) is 113 Å². The van der Waals surface area contributed by atoms with Gasteiger partial charge >= 0.3 is 0 Å². The molecule has 0 fully saturated rings. The third-order valence-corrected chi connectivity index (χ3v) is 9.01. The molecule has 0 amide bonds. The molecule has 1 heterocycles. The van der Waals surface area contributed by atoms with Crippen LogP contribution in [0.25, 0.3) is 11.3 Å². The van der Waals surface area contributed by atoms with Crippen molar-refractivity contribution in [2.75, 3.05) is 17.6 Å². The van der Waals surface area contributed by atoms with Gasteiger partial charge in [0, 0.05) is 23.8 Å². The normalized spacial score (nSPS) is 12.1. The summed E-state index contributed by atoms with van der Waals surface area (Å²) in [6.07, 6.45) is 1.82. The molecule has 0 saturated heterocycles. The first-order valence-corrected chi connectivity index (χ1v) is 15.2. The molecule has 0 aliphatic rings. The lowest BCUT2D eigenvalue weighted by Gasteiger charge is -2.23. The molecule has 5 nitrogen and oxygen atoms in total. The molecule has 8 heteroatoms. The minimum atomic E-state index is -3.56. The lowest BCUT2D eigenvalue weighted by molar-refractivity contribution is 0.599. The number of hydrogen-bond donors (Lipinski definition) is 0. The van der Waals surface area contributed by atoms with E-state index >= 15 is 0 Å². The van der Waals surface area contributed by atoms with Gasteiger partial charge in [0.15, 0.2) is 0 Å². The monoisotopic (exact) mass is 535 g/mol. The molecule has 0 saturated carbocycles. The molecule has 1 unspecified atom stereocenters. The molecule has 4 rings (SSSR count). The van der Waals surface area contributed by atoms with Crippen LogP contribution in [-0.2, 0) is 16.2 Å². The smallest absolute Gasteiger partial charge is 0.239 e. The molecule has 0 radical (unpaired) electrons. The van der Waals surface area contributed by atoms with Crippen molar-refractivity contribution in [1.29, 1.82) is 0 Å². The van der Waals surface area contributed by atoms with E-state index in [4.69, 9.17) is 9.97 Å². The van der Waals surface area contributed by atoms with Gasteiger partial charge in [0.1, 0.15) is 5.82 Å². The Balaban J connectivity index is 1.84. The summed E-state index contributed by atoms with van der Waals surface area (Å²) in [6, 6.07) is 27.0. The van der Waals surface area contributed by atoms with Crippen molar-refractivity contribution < 1.29 is 12.8 Å². The van der Waals surface area contributed by atoms with Crippen LogP contribution in [0.3, 0.4) is 0 Å². The highest BCUT2D eigenvalue weighted by atomic mass is 32.2. The van der Waals surface area contributed by atoms with Crippen LogP contribution in [0.1, 0.15) is 47.8 Å². The molecular formula is C29H31FN3O2PS. The number of anilines is 1. The van der Waals surface area contributed by atoms with Gasteiger partial charge in [-0.05, 0) is 47.5 Å². The Kier molecular flexibility index (Phi) is 8.35. The second-order valence-corrected chi connectivity index (χ2v) is 12.6. The van der Waals surface area contributed by atoms with Crippen LogP contribution in [0.5, 0.6) is 0 Å². The standard InChI is InChI=1S/C29H31FN3O2PS/c1-20(2)26-25(19-36-28(22-11-7-5-8-12-22)23-13-9-6-10-14-23)27(21-15-17-24(30)18-16-21)32-29(31-26)33(3)37(4,34)35/h5-18,20,28,36H,19H2,1-4H3. The Morgan fingerprint density at radius 2 is 1.41 bits per heavy atom. The maximum absolute atomic E-state index is 13.8. The average Bonchev–Trinajstić information content (AvgIpc) is 2.89. The SMILES string of the molecule is CC(C)c1nc(N(C)S(C)(=O)=O)nc(-c2ccc(F)cc2)c1CPC(c1ccccc1)c1ccccc1. The van der Waals surface area contributed by atoms with Crippen molar-refractivity contribution in [3.63, 3.8) is 0 Å². The Morgan fingerprint density at radius 1 is 0.865 bits per heavy atom. The van der Waals surface area contributed by atoms with E-state index in [2.05, 4.69) is 48.5 Å². The molecule has 1 atom stereocenters. The maximum Gasteiger partial charge on any atom is 0.239 e. The van der Waals surface area contributed by atoms with Gasteiger partial charge in [-0.15, -0.1) is 8.58 Å². The van der Waals surface area contributed by atoms with E-state index in [1.165, 1.54) is 30.3 Å². The van der Waals surface area contributed by atoms with Gasteiger partial charge in [0.05, 0.1) is 17.6 Å². The first-order chi connectivity index (χ1) is 17.6. The van der Waals surface area contributed by atoms with Gasteiger partial charge in [0.2, 0.25) is 16.0 Å². The number of aromatic nitrogens is 2. The lowest BCUT2D eigenvalue weighted by atomic mass is 9.99. The number of halogens is 1. The fraction of sp³-hybridized carbons (Fsp3) is 0.241. The Morgan fingerprint density at radius 3 is 1.89 bits per heavy atom. The van der Waals surface area contributed by atoms with E-state index < -0.39 is 10.0 Å². The number of rotatable bonds is 9. The number of benzene rings is 3. The summed E-state index contributed by atoms with van der Waals surface area (Å²) in [6.45, 7) is 4.08. The van der Waals surface area contributed by atoms with Crippen LogP contribution in [0, 0.1) is 5.82 Å². The highest BCUT2D eigenvalue weighted by Crippen LogP contribution is 2.45.